The first-order valence-corrected chi connectivity index (χ1v) is 20.7. The van der Waals surface area contributed by atoms with Crippen molar-refractivity contribution in [3.05, 3.63) is 23.3 Å². The second kappa shape index (κ2) is 15.3. The number of piperidine rings is 1. The molecule has 7 aliphatic rings. The lowest BCUT2D eigenvalue weighted by Crippen LogP contribution is -2.83. The maximum atomic E-state index is 13.3. The predicted octanol–water partition coefficient (Wildman–Crippen LogP) is 4.93. The highest BCUT2D eigenvalue weighted by Crippen LogP contribution is 2.78. The van der Waals surface area contributed by atoms with Gasteiger partial charge in [0.25, 0.3) is 0 Å². The molecule has 15 heteroatoms. The Hall–Kier alpha value is -3.95. The van der Waals surface area contributed by atoms with E-state index in [9.17, 15) is 29.1 Å². The van der Waals surface area contributed by atoms with Crippen molar-refractivity contribution in [1.29, 1.82) is 0 Å². The molecule has 0 amide bonds. The number of benzene rings is 1. The summed E-state index contributed by atoms with van der Waals surface area (Å²) in [4.78, 5) is 63.4. The zero-order valence-corrected chi connectivity index (χ0v) is 35.0. The molecule has 2 spiro atoms. The third-order valence-electron chi connectivity index (χ3n) is 14.4. The van der Waals surface area contributed by atoms with Crippen molar-refractivity contribution in [3.8, 4) is 11.5 Å². The van der Waals surface area contributed by atoms with E-state index in [2.05, 4.69) is 25.7 Å². The van der Waals surface area contributed by atoms with E-state index >= 15 is 0 Å². The van der Waals surface area contributed by atoms with Crippen molar-refractivity contribution in [1.82, 2.24) is 4.90 Å². The molecule has 15 nitrogen and oxygen atoms in total. The topological polar surface area (TPSA) is 183 Å². The zero-order chi connectivity index (χ0) is 42.0. The van der Waals surface area contributed by atoms with Gasteiger partial charge in [0, 0.05) is 62.8 Å². The highest BCUT2D eigenvalue weighted by molar-refractivity contribution is 5.78. The lowest BCUT2D eigenvalue weighted by atomic mass is 9.33. The number of esters is 4. The molecule has 4 bridgehead atoms. The number of methoxy groups -OCH3 is 1. The Labute approximate surface area is 339 Å². The molecule has 8 rings (SSSR count). The molecular formula is C43H59NO14. The van der Waals surface area contributed by atoms with E-state index < -0.39 is 83.4 Å². The molecule has 1 aromatic carbocycles. The lowest BCUT2D eigenvalue weighted by molar-refractivity contribution is -0.312. The number of hydrogen-bond donors (Lipinski definition) is 1. The second-order valence-electron chi connectivity index (χ2n) is 18.5. The summed E-state index contributed by atoms with van der Waals surface area (Å²) in [5.74, 6) is -1.68. The number of carbonyl (C=O) groups excluding carboxylic acids is 5. The molecule has 0 aromatic heterocycles. The van der Waals surface area contributed by atoms with Gasteiger partial charge in [0.1, 0.15) is 24.9 Å². The highest BCUT2D eigenvalue weighted by atomic mass is 16.8. The summed E-state index contributed by atoms with van der Waals surface area (Å²) in [6.45, 7) is 13.3. The second-order valence-corrected chi connectivity index (χ2v) is 18.5. The Balaban J connectivity index is 1.06. The fourth-order valence-corrected chi connectivity index (χ4v) is 11.2. The smallest absolute Gasteiger partial charge is 0.482 e. The Morgan fingerprint density at radius 2 is 1.59 bits per heavy atom. The average Bonchev–Trinajstić information content (AvgIpc) is 3.89. The van der Waals surface area contributed by atoms with E-state index in [-0.39, 0.29) is 36.3 Å². The maximum Gasteiger partial charge on any atom is 0.517 e. The first-order chi connectivity index (χ1) is 27.3. The number of rotatable bonds is 15. The van der Waals surface area contributed by atoms with Crippen molar-refractivity contribution >= 4 is 30.0 Å². The van der Waals surface area contributed by atoms with Crippen LogP contribution in [0.3, 0.4) is 0 Å². The van der Waals surface area contributed by atoms with Gasteiger partial charge >= 0.3 is 30.0 Å². The van der Waals surface area contributed by atoms with Gasteiger partial charge < -0.3 is 43.0 Å². The minimum absolute atomic E-state index is 0.191. The summed E-state index contributed by atoms with van der Waals surface area (Å²) in [5.41, 5.74) is -0.666. The van der Waals surface area contributed by atoms with Gasteiger partial charge in [-0.25, -0.2) is 4.79 Å². The van der Waals surface area contributed by atoms with Crippen molar-refractivity contribution in [2.75, 3.05) is 33.4 Å². The van der Waals surface area contributed by atoms with Crippen LogP contribution < -0.4 is 9.47 Å². The van der Waals surface area contributed by atoms with Crippen LogP contribution in [0.2, 0.25) is 0 Å². The Morgan fingerprint density at radius 3 is 2.19 bits per heavy atom. The van der Waals surface area contributed by atoms with Crippen LogP contribution in [0.4, 0.5) is 4.79 Å². The quantitative estimate of drug-likeness (QED) is 0.109. The Kier molecular flexibility index (Phi) is 11.1. The molecule has 2 unspecified atom stereocenters. The van der Waals surface area contributed by atoms with Gasteiger partial charge in [-0.05, 0) is 81.4 Å². The van der Waals surface area contributed by atoms with Crippen LogP contribution in [0.25, 0.3) is 0 Å². The summed E-state index contributed by atoms with van der Waals surface area (Å²) in [6, 6.07) is 4.05. The van der Waals surface area contributed by atoms with E-state index in [1.165, 1.54) is 39.2 Å². The normalized spacial score (nSPS) is 30.6. The van der Waals surface area contributed by atoms with Gasteiger partial charge in [-0.1, -0.05) is 26.8 Å². The highest BCUT2D eigenvalue weighted by Gasteiger charge is 2.82. The van der Waals surface area contributed by atoms with Gasteiger partial charge in [0.15, 0.2) is 17.6 Å². The van der Waals surface area contributed by atoms with Crippen LogP contribution >= 0.6 is 0 Å². The number of aliphatic hydroxyl groups is 1. The number of ether oxygens (including phenoxy) is 8. The van der Waals surface area contributed by atoms with Crippen LogP contribution in [0, 0.1) is 22.7 Å². The molecule has 2 heterocycles. The molecule has 5 fully saturated rings. The first-order valence-electron chi connectivity index (χ1n) is 20.7. The lowest BCUT2D eigenvalue weighted by Gasteiger charge is -2.75. The minimum Gasteiger partial charge on any atom is -0.482 e. The number of fused-ring (bicyclic) bond motifs is 2. The molecule has 5 aliphatic carbocycles. The molecule has 1 N–H and O–H groups in total. The van der Waals surface area contributed by atoms with Crippen molar-refractivity contribution < 1.29 is 67.0 Å². The fourth-order valence-electron chi connectivity index (χ4n) is 11.2. The van der Waals surface area contributed by atoms with Gasteiger partial charge in [-0.2, -0.15) is 0 Å². The largest absolute Gasteiger partial charge is 0.517 e. The van der Waals surface area contributed by atoms with Crippen LogP contribution in [0.1, 0.15) is 111 Å². The van der Waals surface area contributed by atoms with E-state index in [1.54, 1.807) is 13.2 Å². The zero-order valence-electron chi connectivity index (χ0n) is 35.0. The first kappa shape index (κ1) is 42.2. The van der Waals surface area contributed by atoms with Crippen molar-refractivity contribution in [3.63, 3.8) is 0 Å². The average molecular weight is 814 g/mol. The van der Waals surface area contributed by atoms with Gasteiger partial charge in [-0.15, -0.1) is 0 Å². The third kappa shape index (κ3) is 7.12. The van der Waals surface area contributed by atoms with Crippen LogP contribution in [-0.4, -0.2) is 109 Å². The van der Waals surface area contributed by atoms with E-state index in [1.807, 2.05) is 13.0 Å². The maximum absolute atomic E-state index is 13.3. The molecule has 1 aromatic rings. The Morgan fingerprint density at radius 1 is 0.931 bits per heavy atom. The molecule has 8 atom stereocenters. The van der Waals surface area contributed by atoms with Crippen LogP contribution in [0.15, 0.2) is 12.1 Å². The predicted molar refractivity (Wildman–Crippen MR) is 204 cm³/mol. The summed E-state index contributed by atoms with van der Waals surface area (Å²) >= 11 is 0. The van der Waals surface area contributed by atoms with Crippen molar-refractivity contribution in [2.24, 2.45) is 22.7 Å². The number of hydrogen-bond acceptors (Lipinski definition) is 15. The SMILES string of the molecule is CO[C@@]12CC[C@@]3(C[C@@H]1[C@](C)(O)C(C)(C)C)C1Cc4ccc(OC(=O)OC(C)OC(=O)CCC(=O)OC(COC(C)=O)COC(C)=O)c5c4[C@@]3(CCN1CC1CC1)[C@H]2O5. The monoisotopic (exact) mass is 813 g/mol. The molecular weight excluding hydrogens is 754 g/mol. The molecule has 320 valence electrons. The third-order valence-corrected chi connectivity index (χ3v) is 14.4. The summed E-state index contributed by atoms with van der Waals surface area (Å²) < 4.78 is 45.1. The van der Waals surface area contributed by atoms with E-state index in [0.717, 1.165) is 56.7 Å². The molecule has 2 aliphatic heterocycles. The fraction of sp³-hybridized carbons (Fsp3) is 0.744. The van der Waals surface area contributed by atoms with Crippen LogP contribution in [-0.2, 0) is 59.4 Å². The number of carbonyl (C=O) groups is 5. The minimum atomic E-state index is -1.36. The van der Waals surface area contributed by atoms with Crippen molar-refractivity contribution in [2.45, 2.75) is 147 Å². The Bertz CT molecular complexity index is 1800. The summed E-state index contributed by atoms with van der Waals surface area (Å²) in [5, 5.41) is 12.5. The van der Waals surface area contributed by atoms with Gasteiger partial charge in [0.2, 0.25) is 6.29 Å². The number of nitrogens with zero attached hydrogens (tertiary/aromatic N) is 1. The van der Waals surface area contributed by atoms with E-state index in [0.29, 0.717) is 5.75 Å². The standard InChI is InChI=1S/C43H59NO14/c1-24(45)52-22-29(23-53-25(2)46)56-34(48)14-13-33(47)54-26(3)55-38(49)57-30-12-11-28-19-32-41-15-16-43(51-8,31(20-41)40(7,50)39(4,5)6)37-42(41,35(28)36(30)58-37)17-18-44(32)21-27-9-10-27/h11-12,26-27,29,31-32,37,50H,9-10,13-23H2,1-8H3/t26?,31-,32?,37-,40+,41-,42+,43+/m1/s1. The van der Waals surface area contributed by atoms with Gasteiger partial charge in [-0.3, -0.25) is 24.1 Å². The molecule has 0 radical (unpaired) electrons. The van der Waals surface area contributed by atoms with Crippen LogP contribution in [0.5, 0.6) is 11.5 Å². The van der Waals surface area contributed by atoms with E-state index in [4.69, 9.17) is 37.9 Å². The van der Waals surface area contributed by atoms with Gasteiger partial charge in [0.05, 0.1) is 18.4 Å². The summed E-state index contributed by atoms with van der Waals surface area (Å²) in [6.07, 6.45) is 1.96. The molecule has 58 heavy (non-hydrogen) atoms. The molecule has 4 saturated carbocycles. The summed E-state index contributed by atoms with van der Waals surface area (Å²) in [7, 11) is 1.74. The molecule has 1 saturated heterocycles. The number of likely N-dealkylation sites (tertiary alicyclic amines) is 1.